The van der Waals surface area contributed by atoms with Crippen LogP contribution in [-0.4, -0.2) is 32.8 Å². The number of pyridine rings is 1. The number of carboxylic acid groups (broad SMARTS) is 1. The van der Waals surface area contributed by atoms with E-state index in [4.69, 9.17) is 5.11 Å². The summed E-state index contributed by atoms with van der Waals surface area (Å²) in [6.45, 7) is 0.0405. The molecule has 0 radical (unpaired) electrons. The Balaban J connectivity index is 2.19. The number of amides is 2. The molecule has 6 nitrogen and oxygen atoms in total. The van der Waals surface area contributed by atoms with Crippen LogP contribution in [0, 0.1) is 0 Å². The van der Waals surface area contributed by atoms with Crippen LogP contribution < -0.4 is 0 Å². The minimum atomic E-state index is -1.13. The van der Waals surface area contributed by atoms with Crippen molar-refractivity contribution in [1.29, 1.82) is 0 Å². The minimum absolute atomic E-state index is 0.0405. The smallest absolute Gasteiger partial charge is 0.354 e. The van der Waals surface area contributed by atoms with E-state index < -0.39 is 5.97 Å². The Morgan fingerprint density at radius 3 is 2.42 bits per heavy atom. The van der Waals surface area contributed by atoms with Gasteiger partial charge < -0.3 is 5.11 Å². The van der Waals surface area contributed by atoms with Crippen molar-refractivity contribution in [2.75, 3.05) is 0 Å². The molecule has 1 aromatic heterocycles. The summed E-state index contributed by atoms with van der Waals surface area (Å²) in [5.74, 6) is -1.56. The zero-order valence-electron chi connectivity index (χ0n) is 10.3. The van der Waals surface area contributed by atoms with Gasteiger partial charge in [0, 0.05) is 12.8 Å². The third kappa shape index (κ3) is 3.15. The fourth-order valence-corrected chi connectivity index (χ4v) is 1.99. The maximum atomic E-state index is 11.8. The van der Waals surface area contributed by atoms with E-state index in [0.29, 0.717) is 31.4 Å². The number of likely N-dealkylation sites (tertiary alicyclic amines) is 1. The lowest BCUT2D eigenvalue weighted by molar-refractivity contribution is -0.144. The van der Waals surface area contributed by atoms with E-state index in [9.17, 15) is 14.4 Å². The summed E-state index contributed by atoms with van der Waals surface area (Å²) >= 11 is 0. The first kappa shape index (κ1) is 13.2. The molecule has 6 heteroatoms. The van der Waals surface area contributed by atoms with Crippen LogP contribution >= 0.6 is 0 Å². The number of rotatable bonds is 3. The Kier molecular flexibility index (Phi) is 3.89. The lowest BCUT2D eigenvalue weighted by atomic mass is 10.2. The largest absolute Gasteiger partial charge is 0.477 e. The average molecular weight is 262 g/mol. The van der Waals surface area contributed by atoms with Crippen LogP contribution in [0.5, 0.6) is 0 Å². The predicted octanol–water partition coefficient (Wildman–Crippen LogP) is 1.21. The molecule has 1 fully saturated rings. The van der Waals surface area contributed by atoms with Crippen molar-refractivity contribution in [3.8, 4) is 0 Å². The summed E-state index contributed by atoms with van der Waals surface area (Å²) in [7, 11) is 0. The van der Waals surface area contributed by atoms with E-state index in [1.807, 2.05) is 0 Å². The van der Waals surface area contributed by atoms with Crippen molar-refractivity contribution in [1.82, 2.24) is 9.88 Å². The first-order valence-corrected chi connectivity index (χ1v) is 6.10. The van der Waals surface area contributed by atoms with Crippen molar-refractivity contribution in [2.45, 2.75) is 32.2 Å². The molecule has 0 aromatic carbocycles. The molecular formula is C13H14N2O4. The average Bonchev–Trinajstić information content (AvgIpc) is 2.54. The summed E-state index contributed by atoms with van der Waals surface area (Å²) in [4.78, 5) is 39.5. The van der Waals surface area contributed by atoms with Gasteiger partial charge >= 0.3 is 5.97 Å². The molecule has 0 spiro atoms. The molecule has 1 aromatic rings. The minimum Gasteiger partial charge on any atom is -0.477 e. The highest BCUT2D eigenvalue weighted by molar-refractivity contribution is 5.95. The van der Waals surface area contributed by atoms with E-state index in [0.717, 1.165) is 0 Å². The number of aromatic nitrogens is 1. The summed E-state index contributed by atoms with van der Waals surface area (Å²) < 4.78 is 0. The van der Waals surface area contributed by atoms with Crippen molar-refractivity contribution >= 4 is 17.8 Å². The standard InChI is InChI=1S/C13H14N2O4/c16-11-6-1-2-7-12(17)15(11)8-9-4-3-5-10(14-9)13(18)19/h3-5H,1-2,6-8H2,(H,18,19). The number of nitrogens with zero attached hydrogens (tertiary/aromatic N) is 2. The third-order valence-corrected chi connectivity index (χ3v) is 2.98. The van der Waals surface area contributed by atoms with Gasteiger partial charge in [-0.15, -0.1) is 0 Å². The SMILES string of the molecule is O=C(O)c1cccc(CN2C(=O)CCCCC2=O)n1. The Morgan fingerprint density at radius 2 is 1.84 bits per heavy atom. The quantitative estimate of drug-likeness (QED) is 0.827. The number of carboxylic acids is 1. The molecule has 0 saturated carbocycles. The number of carbonyl (C=O) groups excluding carboxylic acids is 2. The third-order valence-electron chi connectivity index (χ3n) is 2.98. The molecule has 0 atom stereocenters. The predicted molar refractivity (Wildman–Crippen MR) is 65.2 cm³/mol. The lowest BCUT2D eigenvalue weighted by Gasteiger charge is -2.18. The van der Waals surface area contributed by atoms with Gasteiger partial charge in [0.1, 0.15) is 5.69 Å². The number of aromatic carboxylic acids is 1. The van der Waals surface area contributed by atoms with Gasteiger partial charge in [0.15, 0.2) is 0 Å². The first-order chi connectivity index (χ1) is 9.08. The van der Waals surface area contributed by atoms with Gasteiger partial charge in [-0.1, -0.05) is 6.07 Å². The van der Waals surface area contributed by atoms with Gasteiger partial charge in [-0.3, -0.25) is 14.5 Å². The Labute approximate surface area is 110 Å². The highest BCUT2D eigenvalue weighted by Crippen LogP contribution is 2.15. The van der Waals surface area contributed by atoms with Crippen LogP contribution in [0.2, 0.25) is 0 Å². The van der Waals surface area contributed by atoms with Gasteiger partial charge in [-0.05, 0) is 25.0 Å². The van der Waals surface area contributed by atoms with Crippen molar-refractivity contribution < 1.29 is 19.5 Å². The maximum Gasteiger partial charge on any atom is 0.354 e. The zero-order valence-corrected chi connectivity index (χ0v) is 10.3. The van der Waals surface area contributed by atoms with Crippen LogP contribution in [0.25, 0.3) is 0 Å². The second kappa shape index (κ2) is 5.60. The van der Waals surface area contributed by atoms with Crippen molar-refractivity contribution in [3.05, 3.63) is 29.6 Å². The second-order valence-electron chi connectivity index (χ2n) is 4.40. The zero-order chi connectivity index (χ0) is 13.8. The van der Waals surface area contributed by atoms with Gasteiger partial charge in [0.25, 0.3) is 0 Å². The van der Waals surface area contributed by atoms with Crippen molar-refractivity contribution in [2.24, 2.45) is 0 Å². The molecule has 1 saturated heterocycles. The molecule has 2 amide bonds. The van der Waals surface area contributed by atoms with E-state index in [1.54, 1.807) is 12.1 Å². The van der Waals surface area contributed by atoms with Gasteiger partial charge in [0.2, 0.25) is 11.8 Å². The summed E-state index contributed by atoms with van der Waals surface area (Å²) in [5.41, 5.74) is 0.315. The summed E-state index contributed by atoms with van der Waals surface area (Å²) in [5, 5.41) is 8.85. The van der Waals surface area contributed by atoms with E-state index in [1.165, 1.54) is 11.0 Å². The first-order valence-electron chi connectivity index (χ1n) is 6.10. The van der Waals surface area contributed by atoms with Crippen LogP contribution in [0.3, 0.4) is 0 Å². The highest BCUT2D eigenvalue weighted by Gasteiger charge is 2.24. The Morgan fingerprint density at radius 1 is 1.21 bits per heavy atom. The number of carbonyl (C=O) groups is 3. The molecule has 0 aliphatic carbocycles. The highest BCUT2D eigenvalue weighted by atomic mass is 16.4. The van der Waals surface area contributed by atoms with Gasteiger partial charge in [-0.2, -0.15) is 0 Å². The maximum absolute atomic E-state index is 11.8. The van der Waals surface area contributed by atoms with Crippen LogP contribution in [0.15, 0.2) is 18.2 Å². The Hall–Kier alpha value is -2.24. The topological polar surface area (TPSA) is 87.6 Å². The second-order valence-corrected chi connectivity index (χ2v) is 4.40. The van der Waals surface area contributed by atoms with E-state index >= 15 is 0 Å². The molecule has 2 heterocycles. The fourth-order valence-electron chi connectivity index (χ4n) is 1.99. The summed E-state index contributed by atoms with van der Waals surface area (Å²) in [6.07, 6.45) is 2.13. The van der Waals surface area contributed by atoms with E-state index in [2.05, 4.69) is 4.98 Å². The lowest BCUT2D eigenvalue weighted by Crippen LogP contribution is -2.34. The normalized spacial score (nSPS) is 16.3. The van der Waals surface area contributed by atoms with Crippen LogP contribution in [-0.2, 0) is 16.1 Å². The molecule has 1 aliphatic heterocycles. The van der Waals surface area contributed by atoms with Gasteiger partial charge in [-0.25, -0.2) is 9.78 Å². The number of hydrogen-bond donors (Lipinski definition) is 1. The molecule has 2 rings (SSSR count). The monoisotopic (exact) mass is 262 g/mol. The molecule has 1 N–H and O–H groups in total. The molecule has 1 aliphatic rings. The van der Waals surface area contributed by atoms with Crippen LogP contribution in [0.1, 0.15) is 41.9 Å². The number of hydrogen-bond acceptors (Lipinski definition) is 4. The molecule has 0 bridgehead atoms. The van der Waals surface area contributed by atoms with E-state index in [-0.39, 0.29) is 24.1 Å². The van der Waals surface area contributed by atoms with Crippen LogP contribution in [0.4, 0.5) is 0 Å². The van der Waals surface area contributed by atoms with Gasteiger partial charge in [0.05, 0.1) is 12.2 Å². The fraction of sp³-hybridized carbons (Fsp3) is 0.385. The molecule has 19 heavy (non-hydrogen) atoms. The van der Waals surface area contributed by atoms with Crippen molar-refractivity contribution in [3.63, 3.8) is 0 Å². The summed E-state index contributed by atoms with van der Waals surface area (Å²) in [6, 6.07) is 4.54. The molecule has 100 valence electrons. The molecular weight excluding hydrogens is 248 g/mol. The Bertz CT molecular complexity index is 509. The molecule has 0 unspecified atom stereocenters. The number of imide groups is 1.